The number of nitrogens with one attached hydrogen (secondary N) is 1. The van der Waals surface area contributed by atoms with Gasteiger partial charge in [0.05, 0.1) is 5.25 Å². The molecule has 6 heteroatoms. The second kappa shape index (κ2) is 7.45. The normalized spacial score (nSPS) is 12.4. The van der Waals surface area contributed by atoms with E-state index in [1.807, 2.05) is 38.1 Å². The molecule has 1 aromatic carbocycles. The lowest BCUT2D eigenvalue weighted by Gasteiger charge is -2.11. The summed E-state index contributed by atoms with van der Waals surface area (Å²) < 4.78 is 5.62. The van der Waals surface area contributed by atoms with E-state index in [4.69, 9.17) is 4.42 Å². The molecule has 0 aliphatic heterocycles. The molecule has 0 bridgehead atoms. The average molecular weight is 319 g/mol. The van der Waals surface area contributed by atoms with E-state index in [0.717, 1.165) is 5.56 Å². The Morgan fingerprint density at radius 3 is 2.55 bits per heavy atom. The fraction of sp³-hybridized carbons (Fsp3) is 0.438. The molecule has 0 spiro atoms. The number of rotatable bonds is 6. The van der Waals surface area contributed by atoms with Gasteiger partial charge in [0.25, 0.3) is 5.22 Å². The second-order valence-electron chi connectivity index (χ2n) is 5.64. The van der Waals surface area contributed by atoms with Crippen LogP contribution in [0.2, 0.25) is 0 Å². The first-order valence-electron chi connectivity index (χ1n) is 7.30. The lowest BCUT2D eigenvalue weighted by molar-refractivity contribution is -0.120. The van der Waals surface area contributed by atoms with Crippen LogP contribution in [0.15, 0.2) is 33.9 Å². The highest BCUT2D eigenvalue weighted by Crippen LogP contribution is 2.26. The predicted molar refractivity (Wildman–Crippen MR) is 87.6 cm³/mol. The minimum absolute atomic E-state index is 0.0196. The zero-order valence-corrected chi connectivity index (χ0v) is 14.1. The average Bonchev–Trinajstić information content (AvgIpc) is 2.93. The molecule has 0 saturated carbocycles. The Bertz CT molecular complexity index is 623. The van der Waals surface area contributed by atoms with Crippen LogP contribution in [0.5, 0.6) is 0 Å². The van der Waals surface area contributed by atoms with Gasteiger partial charge in [0.2, 0.25) is 11.8 Å². The Labute approximate surface area is 134 Å². The van der Waals surface area contributed by atoms with E-state index in [0.29, 0.717) is 23.6 Å². The Morgan fingerprint density at radius 1 is 1.23 bits per heavy atom. The number of aryl methyl sites for hydroxylation is 1. The van der Waals surface area contributed by atoms with E-state index in [9.17, 15) is 4.79 Å². The number of aromatic nitrogens is 2. The van der Waals surface area contributed by atoms with E-state index in [-0.39, 0.29) is 11.2 Å². The summed E-state index contributed by atoms with van der Waals surface area (Å²) in [6.45, 7) is 8.64. The molecule has 1 heterocycles. The fourth-order valence-corrected chi connectivity index (χ4v) is 2.43. The minimum atomic E-state index is -0.273. The van der Waals surface area contributed by atoms with Gasteiger partial charge in [-0.05, 0) is 31.9 Å². The van der Waals surface area contributed by atoms with Gasteiger partial charge < -0.3 is 9.73 Å². The largest absolute Gasteiger partial charge is 0.411 e. The van der Waals surface area contributed by atoms with E-state index < -0.39 is 0 Å². The van der Waals surface area contributed by atoms with Gasteiger partial charge in [-0.2, -0.15) is 0 Å². The molecule has 1 aromatic heterocycles. The highest BCUT2D eigenvalue weighted by atomic mass is 32.2. The highest BCUT2D eigenvalue weighted by Gasteiger charge is 2.18. The number of carbonyl (C=O) groups is 1. The van der Waals surface area contributed by atoms with Crippen molar-refractivity contribution >= 4 is 17.7 Å². The van der Waals surface area contributed by atoms with Crippen LogP contribution < -0.4 is 5.32 Å². The van der Waals surface area contributed by atoms with E-state index in [2.05, 4.69) is 29.4 Å². The van der Waals surface area contributed by atoms with Gasteiger partial charge >= 0.3 is 0 Å². The molecule has 22 heavy (non-hydrogen) atoms. The van der Waals surface area contributed by atoms with Crippen molar-refractivity contribution in [2.75, 3.05) is 6.54 Å². The first-order chi connectivity index (χ1) is 10.5. The number of nitrogens with zero attached hydrogens (tertiary/aromatic N) is 2. The summed E-state index contributed by atoms with van der Waals surface area (Å²) in [5, 5.41) is 11.1. The molecule has 0 unspecified atom stereocenters. The molecular formula is C16H21N3O2S. The van der Waals surface area contributed by atoms with Gasteiger partial charge in [-0.25, -0.2) is 0 Å². The summed E-state index contributed by atoms with van der Waals surface area (Å²) >= 11 is 1.27. The van der Waals surface area contributed by atoms with Gasteiger partial charge in [0, 0.05) is 12.1 Å². The maximum absolute atomic E-state index is 11.9. The maximum Gasteiger partial charge on any atom is 0.277 e. The third kappa shape index (κ3) is 4.59. The van der Waals surface area contributed by atoms with Crippen molar-refractivity contribution in [3.8, 4) is 11.5 Å². The summed E-state index contributed by atoms with van der Waals surface area (Å²) in [6.07, 6.45) is 0. The molecule has 0 fully saturated rings. The molecule has 2 rings (SSSR count). The first kappa shape index (κ1) is 16.5. The monoisotopic (exact) mass is 319 g/mol. The van der Waals surface area contributed by atoms with Crippen molar-refractivity contribution in [3.05, 3.63) is 29.8 Å². The van der Waals surface area contributed by atoms with Crippen molar-refractivity contribution in [1.29, 1.82) is 0 Å². The van der Waals surface area contributed by atoms with Gasteiger partial charge in [-0.1, -0.05) is 43.3 Å². The van der Waals surface area contributed by atoms with Crippen molar-refractivity contribution < 1.29 is 9.21 Å². The molecule has 2 aromatic rings. The summed E-state index contributed by atoms with van der Waals surface area (Å²) in [5.74, 6) is 0.878. The van der Waals surface area contributed by atoms with Crippen molar-refractivity contribution in [2.24, 2.45) is 5.92 Å². The van der Waals surface area contributed by atoms with E-state index in [1.54, 1.807) is 0 Å². The van der Waals surface area contributed by atoms with E-state index in [1.165, 1.54) is 17.3 Å². The van der Waals surface area contributed by atoms with Crippen LogP contribution in [0.3, 0.4) is 0 Å². The molecule has 0 aliphatic rings. The minimum Gasteiger partial charge on any atom is -0.411 e. The molecule has 0 saturated heterocycles. The smallest absolute Gasteiger partial charge is 0.277 e. The molecule has 118 valence electrons. The van der Waals surface area contributed by atoms with Crippen LogP contribution in [0.25, 0.3) is 11.5 Å². The van der Waals surface area contributed by atoms with Crippen molar-refractivity contribution in [1.82, 2.24) is 15.5 Å². The lowest BCUT2D eigenvalue weighted by atomic mass is 10.1. The van der Waals surface area contributed by atoms with Gasteiger partial charge in [-0.15, -0.1) is 10.2 Å². The van der Waals surface area contributed by atoms with Crippen LogP contribution in [0.4, 0.5) is 0 Å². The molecule has 5 nitrogen and oxygen atoms in total. The van der Waals surface area contributed by atoms with Crippen molar-refractivity contribution in [3.63, 3.8) is 0 Å². The van der Waals surface area contributed by atoms with Crippen LogP contribution >= 0.6 is 11.8 Å². The van der Waals surface area contributed by atoms with Gasteiger partial charge in [0.1, 0.15) is 0 Å². The quantitative estimate of drug-likeness (QED) is 0.827. The Hall–Kier alpha value is -1.82. The topological polar surface area (TPSA) is 68.0 Å². The SMILES string of the molecule is Cc1ccc(-c2nnc(S[C@H](C)C(=O)NCC(C)C)o2)cc1. The summed E-state index contributed by atoms with van der Waals surface area (Å²) in [6, 6.07) is 7.87. The molecule has 1 amide bonds. The van der Waals surface area contributed by atoms with Gasteiger partial charge in [-0.3, -0.25) is 4.79 Å². The Morgan fingerprint density at radius 2 is 1.91 bits per heavy atom. The second-order valence-corrected chi connectivity index (χ2v) is 6.93. The molecule has 0 aliphatic carbocycles. The zero-order valence-electron chi connectivity index (χ0n) is 13.3. The number of benzene rings is 1. The van der Waals surface area contributed by atoms with Crippen molar-refractivity contribution in [2.45, 2.75) is 38.2 Å². The number of hydrogen-bond donors (Lipinski definition) is 1. The molecule has 0 radical (unpaired) electrons. The Balaban J connectivity index is 1.96. The molecular weight excluding hydrogens is 298 g/mol. The summed E-state index contributed by atoms with van der Waals surface area (Å²) in [4.78, 5) is 11.9. The van der Waals surface area contributed by atoms with Crippen LogP contribution in [0.1, 0.15) is 26.3 Å². The number of amides is 1. The summed E-state index contributed by atoms with van der Waals surface area (Å²) in [7, 11) is 0. The highest BCUT2D eigenvalue weighted by molar-refractivity contribution is 8.00. The lowest BCUT2D eigenvalue weighted by Crippen LogP contribution is -2.33. The Kier molecular flexibility index (Phi) is 5.60. The maximum atomic E-state index is 11.9. The third-order valence-corrected chi connectivity index (χ3v) is 3.97. The summed E-state index contributed by atoms with van der Waals surface area (Å²) in [5.41, 5.74) is 2.05. The fourth-order valence-electron chi connectivity index (χ4n) is 1.72. The standard InChI is InChI=1S/C16H21N3O2S/c1-10(2)9-17-14(20)12(4)22-16-19-18-15(21-16)13-7-5-11(3)6-8-13/h5-8,10,12H,9H2,1-4H3,(H,17,20)/t12-/m1/s1. The van der Waals surface area contributed by atoms with Gasteiger partial charge in [0.15, 0.2) is 0 Å². The first-order valence-corrected chi connectivity index (χ1v) is 8.18. The zero-order chi connectivity index (χ0) is 16.1. The van der Waals surface area contributed by atoms with Crippen LogP contribution in [-0.4, -0.2) is 27.9 Å². The number of carbonyl (C=O) groups excluding carboxylic acids is 1. The molecule has 1 N–H and O–H groups in total. The van der Waals surface area contributed by atoms with Crippen LogP contribution in [-0.2, 0) is 4.79 Å². The molecule has 1 atom stereocenters. The van der Waals surface area contributed by atoms with E-state index >= 15 is 0 Å². The predicted octanol–water partition coefficient (Wildman–Crippen LogP) is 3.30. The third-order valence-electron chi connectivity index (χ3n) is 3.04. The number of hydrogen-bond acceptors (Lipinski definition) is 5. The van der Waals surface area contributed by atoms with Crippen LogP contribution in [0, 0.1) is 12.8 Å². The number of thioether (sulfide) groups is 1.